The maximum Gasteiger partial charge on any atom is 0.0543 e. The van der Waals surface area contributed by atoms with Crippen LogP contribution in [-0.2, 0) is 4.74 Å². The Morgan fingerprint density at radius 1 is 1.62 bits per heavy atom. The van der Waals surface area contributed by atoms with E-state index >= 15 is 0 Å². The molecule has 0 spiro atoms. The quantitative estimate of drug-likeness (QED) is 0.598. The maximum absolute atomic E-state index is 5.05. The van der Waals surface area contributed by atoms with Crippen LogP contribution in [0.4, 0.5) is 0 Å². The van der Waals surface area contributed by atoms with Crippen LogP contribution in [0.25, 0.3) is 0 Å². The van der Waals surface area contributed by atoms with Crippen molar-refractivity contribution in [2.24, 2.45) is 10.9 Å². The van der Waals surface area contributed by atoms with E-state index in [0.717, 1.165) is 11.4 Å². The molecule has 2 nitrogen and oxygen atoms in total. The van der Waals surface area contributed by atoms with E-state index in [1.165, 1.54) is 0 Å². The zero-order chi connectivity index (χ0) is 10.3. The highest BCUT2D eigenvalue weighted by atomic mass is 16.5. The van der Waals surface area contributed by atoms with Crippen LogP contribution in [-0.4, -0.2) is 19.4 Å². The molecule has 0 saturated carbocycles. The Morgan fingerprint density at radius 3 is 2.62 bits per heavy atom. The number of ether oxygens (including phenoxy) is 1. The van der Waals surface area contributed by atoms with E-state index < -0.39 is 0 Å². The van der Waals surface area contributed by atoms with Crippen molar-refractivity contribution in [3.63, 3.8) is 0 Å². The van der Waals surface area contributed by atoms with Crippen LogP contribution < -0.4 is 0 Å². The van der Waals surface area contributed by atoms with E-state index in [4.69, 9.17) is 4.74 Å². The highest BCUT2D eigenvalue weighted by molar-refractivity contribution is 5.96. The first-order valence-electron chi connectivity index (χ1n) is 4.48. The average molecular weight is 181 g/mol. The van der Waals surface area contributed by atoms with E-state index in [0.29, 0.717) is 12.5 Å². The number of allylic oxidation sites excluding steroid dienone is 3. The molecule has 0 aliphatic heterocycles. The van der Waals surface area contributed by atoms with Gasteiger partial charge in [-0.25, -0.2) is 0 Å². The summed E-state index contributed by atoms with van der Waals surface area (Å²) >= 11 is 0. The van der Waals surface area contributed by atoms with Gasteiger partial charge in [-0.3, -0.25) is 4.99 Å². The van der Waals surface area contributed by atoms with Crippen molar-refractivity contribution in [3.8, 4) is 0 Å². The second-order valence-electron chi connectivity index (χ2n) is 3.03. The third-order valence-corrected chi connectivity index (χ3v) is 1.85. The zero-order valence-electron chi connectivity index (χ0n) is 9.00. The number of nitrogens with zero attached hydrogens (tertiary/aromatic N) is 1. The lowest BCUT2D eigenvalue weighted by atomic mass is 10.1. The van der Waals surface area contributed by atoms with Gasteiger partial charge < -0.3 is 4.74 Å². The molecule has 0 aromatic heterocycles. The van der Waals surface area contributed by atoms with Crippen molar-refractivity contribution >= 4 is 5.71 Å². The molecule has 0 aromatic rings. The lowest BCUT2D eigenvalue weighted by Crippen LogP contribution is -2.14. The summed E-state index contributed by atoms with van der Waals surface area (Å²) in [4.78, 5) is 4.41. The monoisotopic (exact) mass is 181 g/mol. The zero-order valence-corrected chi connectivity index (χ0v) is 9.00. The molecular formula is C11H19NO. The second-order valence-corrected chi connectivity index (χ2v) is 3.03. The molecule has 2 heteroatoms. The van der Waals surface area contributed by atoms with Crippen LogP contribution in [0, 0.1) is 5.92 Å². The minimum absolute atomic E-state index is 0.303. The Bertz CT molecular complexity index is 216. The van der Waals surface area contributed by atoms with Crippen LogP contribution in [0.15, 0.2) is 29.4 Å². The van der Waals surface area contributed by atoms with Crippen molar-refractivity contribution in [1.82, 2.24) is 0 Å². The molecular weight excluding hydrogens is 162 g/mol. The standard InChI is InChI=1S/C11H19NO/c1-6-10(4)12-11(7-2)9(3)8-13-5/h6-7,9H,2,8H2,1,3-5H3/b10-6-,12-11?. The third kappa shape index (κ3) is 4.63. The summed E-state index contributed by atoms with van der Waals surface area (Å²) in [5, 5.41) is 0. The largest absolute Gasteiger partial charge is 0.384 e. The predicted octanol–water partition coefficient (Wildman–Crippen LogP) is 2.82. The van der Waals surface area contributed by atoms with E-state index in [2.05, 4.69) is 18.5 Å². The summed E-state index contributed by atoms with van der Waals surface area (Å²) in [5.74, 6) is 0.303. The van der Waals surface area contributed by atoms with Gasteiger partial charge in [-0.2, -0.15) is 0 Å². The fourth-order valence-electron chi connectivity index (χ4n) is 0.961. The van der Waals surface area contributed by atoms with Gasteiger partial charge >= 0.3 is 0 Å². The topological polar surface area (TPSA) is 21.6 Å². The molecule has 0 heterocycles. The molecule has 1 unspecified atom stereocenters. The van der Waals surface area contributed by atoms with Crippen LogP contribution in [0.1, 0.15) is 20.8 Å². The van der Waals surface area contributed by atoms with Crippen molar-refractivity contribution in [2.75, 3.05) is 13.7 Å². The average Bonchev–Trinajstić information content (AvgIpc) is 2.14. The number of hydrogen-bond donors (Lipinski definition) is 0. The minimum atomic E-state index is 0.303. The van der Waals surface area contributed by atoms with Gasteiger partial charge in [0, 0.05) is 24.4 Å². The molecule has 74 valence electrons. The second kappa shape index (κ2) is 6.61. The molecule has 0 aliphatic carbocycles. The van der Waals surface area contributed by atoms with Gasteiger partial charge in [0.1, 0.15) is 0 Å². The molecule has 0 fully saturated rings. The van der Waals surface area contributed by atoms with Gasteiger partial charge in [0.15, 0.2) is 0 Å². The van der Waals surface area contributed by atoms with E-state index in [1.807, 2.05) is 19.9 Å². The van der Waals surface area contributed by atoms with E-state index in [-0.39, 0.29) is 0 Å². The summed E-state index contributed by atoms with van der Waals surface area (Å²) in [7, 11) is 1.69. The molecule has 0 N–H and O–H groups in total. The first-order valence-corrected chi connectivity index (χ1v) is 4.48. The van der Waals surface area contributed by atoms with Gasteiger partial charge in [-0.1, -0.05) is 19.6 Å². The fourth-order valence-corrected chi connectivity index (χ4v) is 0.961. The minimum Gasteiger partial charge on any atom is -0.384 e. The summed E-state index contributed by atoms with van der Waals surface area (Å²) in [6.45, 7) is 10.4. The summed E-state index contributed by atoms with van der Waals surface area (Å²) in [5.41, 5.74) is 2.00. The number of methoxy groups -OCH3 is 1. The highest BCUT2D eigenvalue weighted by Crippen LogP contribution is 2.05. The van der Waals surface area contributed by atoms with Crippen molar-refractivity contribution < 1.29 is 4.74 Å². The lowest BCUT2D eigenvalue weighted by molar-refractivity contribution is 0.182. The highest BCUT2D eigenvalue weighted by Gasteiger charge is 2.06. The Kier molecular flexibility index (Phi) is 6.15. The molecule has 0 amide bonds. The Labute approximate surface area is 81.0 Å². The molecule has 0 rings (SSSR count). The molecule has 0 aromatic carbocycles. The summed E-state index contributed by atoms with van der Waals surface area (Å²) < 4.78 is 5.05. The maximum atomic E-state index is 5.05. The Morgan fingerprint density at radius 2 is 2.23 bits per heavy atom. The van der Waals surface area contributed by atoms with Crippen molar-refractivity contribution in [1.29, 1.82) is 0 Å². The molecule has 0 bridgehead atoms. The van der Waals surface area contributed by atoms with E-state index in [9.17, 15) is 0 Å². The Balaban J connectivity index is 4.49. The van der Waals surface area contributed by atoms with Gasteiger partial charge in [0.2, 0.25) is 0 Å². The van der Waals surface area contributed by atoms with Crippen molar-refractivity contribution in [2.45, 2.75) is 20.8 Å². The number of rotatable bonds is 5. The first-order chi connectivity index (χ1) is 6.15. The summed E-state index contributed by atoms with van der Waals surface area (Å²) in [6, 6.07) is 0. The number of aliphatic imine (C=N–C) groups is 1. The van der Waals surface area contributed by atoms with Crippen LogP contribution in [0.2, 0.25) is 0 Å². The van der Waals surface area contributed by atoms with Crippen LogP contribution >= 0.6 is 0 Å². The van der Waals surface area contributed by atoms with Crippen LogP contribution in [0.5, 0.6) is 0 Å². The first kappa shape index (κ1) is 12.1. The summed E-state index contributed by atoms with van der Waals surface area (Å²) in [6.07, 6.45) is 3.76. The number of hydrogen-bond acceptors (Lipinski definition) is 2. The smallest absolute Gasteiger partial charge is 0.0543 e. The molecule has 1 atom stereocenters. The normalized spacial score (nSPS) is 15.7. The molecule has 13 heavy (non-hydrogen) atoms. The predicted molar refractivity (Wildman–Crippen MR) is 58.1 cm³/mol. The molecule has 0 saturated heterocycles. The van der Waals surface area contributed by atoms with Crippen molar-refractivity contribution in [3.05, 3.63) is 24.4 Å². The molecule has 0 radical (unpaired) electrons. The van der Waals surface area contributed by atoms with Crippen LogP contribution in [0.3, 0.4) is 0 Å². The van der Waals surface area contributed by atoms with E-state index in [1.54, 1.807) is 13.2 Å². The van der Waals surface area contributed by atoms with Gasteiger partial charge in [-0.15, -0.1) is 0 Å². The third-order valence-electron chi connectivity index (χ3n) is 1.85. The SMILES string of the molecule is C=CC(=N/C(C)=C\C)C(C)COC. The van der Waals surface area contributed by atoms with Gasteiger partial charge in [0.25, 0.3) is 0 Å². The lowest BCUT2D eigenvalue weighted by Gasteiger charge is -2.10. The Hall–Kier alpha value is -0.890. The van der Waals surface area contributed by atoms with Gasteiger partial charge in [0.05, 0.1) is 6.61 Å². The fraction of sp³-hybridized carbons (Fsp3) is 0.545. The molecule has 0 aliphatic rings. The van der Waals surface area contributed by atoms with Gasteiger partial charge in [-0.05, 0) is 19.9 Å².